The largest absolute Gasteiger partial charge is 0.497 e. The van der Waals surface area contributed by atoms with Crippen LogP contribution in [0.5, 0.6) is 5.75 Å². The van der Waals surface area contributed by atoms with Gasteiger partial charge in [0, 0.05) is 24.5 Å². The topological polar surface area (TPSA) is 97.0 Å². The molecular weight excluding hydrogens is 450 g/mol. The zero-order valence-electron chi connectivity index (χ0n) is 18.2. The molecular formula is C22H29N3O5S2. The summed E-state index contributed by atoms with van der Waals surface area (Å²) in [6, 6.07) is 12.7. The number of benzene rings is 2. The lowest BCUT2D eigenvalue weighted by atomic mass is 10.2. The number of methoxy groups -OCH3 is 1. The van der Waals surface area contributed by atoms with Crippen LogP contribution in [0.25, 0.3) is 0 Å². The van der Waals surface area contributed by atoms with Crippen LogP contribution in [0.15, 0.2) is 53.4 Å². The predicted molar refractivity (Wildman–Crippen MR) is 128 cm³/mol. The summed E-state index contributed by atoms with van der Waals surface area (Å²) in [6.45, 7) is 3.05. The van der Waals surface area contributed by atoms with Crippen molar-refractivity contribution in [2.45, 2.75) is 17.4 Å². The molecule has 0 spiro atoms. The number of sulfonamides is 1. The fourth-order valence-corrected chi connectivity index (χ4v) is 5.00. The molecule has 0 aromatic heterocycles. The van der Waals surface area contributed by atoms with Gasteiger partial charge in [-0.2, -0.15) is 16.5 Å². The van der Waals surface area contributed by atoms with E-state index in [1.54, 1.807) is 23.9 Å². The minimum atomic E-state index is -3.87. The highest BCUT2D eigenvalue weighted by Gasteiger charge is 2.26. The van der Waals surface area contributed by atoms with E-state index in [2.05, 4.69) is 14.9 Å². The third-order valence-corrected chi connectivity index (χ3v) is 7.24. The van der Waals surface area contributed by atoms with Gasteiger partial charge < -0.3 is 19.7 Å². The molecule has 1 fully saturated rings. The van der Waals surface area contributed by atoms with Gasteiger partial charge in [-0.1, -0.05) is 0 Å². The Labute approximate surface area is 193 Å². The van der Waals surface area contributed by atoms with Crippen molar-refractivity contribution < 1.29 is 22.7 Å². The van der Waals surface area contributed by atoms with Gasteiger partial charge in [0.25, 0.3) is 0 Å². The molecule has 0 bridgehead atoms. The Kier molecular flexibility index (Phi) is 8.80. The van der Waals surface area contributed by atoms with E-state index < -0.39 is 22.0 Å². The second-order valence-corrected chi connectivity index (χ2v) is 9.97. The van der Waals surface area contributed by atoms with Crippen molar-refractivity contribution in [3.05, 3.63) is 48.5 Å². The highest BCUT2D eigenvalue weighted by Crippen LogP contribution is 2.20. The number of hydrogen-bond acceptors (Lipinski definition) is 7. The van der Waals surface area contributed by atoms with Crippen LogP contribution in [-0.4, -0.2) is 65.8 Å². The summed E-state index contributed by atoms with van der Waals surface area (Å²) in [5.41, 5.74) is 1.68. The molecule has 32 heavy (non-hydrogen) atoms. The number of amides is 1. The monoisotopic (exact) mass is 479 g/mol. The van der Waals surface area contributed by atoms with Crippen LogP contribution in [0, 0.1) is 0 Å². The Bertz CT molecular complexity index is 976. The van der Waals surface area contributed by atoms with E-state index in [1.165, 1.54) is 19.2 Å². The number of thioether (sulfide) groups is 1. The lowest BCUT2D eigenvalue weighted by molar-refractivity contribution is -0.117. The van der Waals surface area contributed by atoms with Crippen LogP contribution in [0.4, 0.5) is 11.4 Å². The minimum absolute atomic E-state index is 0.0788. The number of ether oxygens (including phenoxy) is 2. The maximum absolute atomic E-state index is 12.9. The molecule has 1 aliphatic rings. The molecule has 2 aromatic rings. The number of nitrogens with one attached hydrogen (secondary N) is 2. The van der Waals surface area contributed by atoms with Crippen molar-refractivity contribution in [3.8, 4) is 5.75 Å². The molecule has 2 N–H and O–H groups in total. The number of carbonyl (C=O) groups excluding carboxylic acids is 1. The number of anilines is 2. The Morgan fingerprint density at radius 1 is 1.12 bits per heavy atom. The second-order valence-electron chi connectivity index (χ2n) is 7.27. The van der Waals surface area contributed by atoms with Gasteiger partial charge in [0.05, 0.1) is 25.2 Å². The Morgan fingerprint density at radius 2 is 1.78 bits per heavy atom. The molecule has 0 radical (unpaired) electrons. The van der Waals surface area contributed by atoms with Crippen molar-refractivity contribution >= 4 is 39.1 Å². The van der Waals surface area contributed by atoms with Gasteiger partial charge in [0.2, 0.25) is 15.9 Å². The SMILES string of the molecule is COc1ccc(S(=O)(=O)N[C@@H](CCSC)C(=O)Nc2ccc(N3CCOCC3)cc2)cc1. The number of rotatable bonds is 10. The summed E-state index contributed by atoms with van der Waals surface area (Å²) in [4.78, 5) is 15.2. The molecule has 0 aliphatic carbocycles. The smallest absolute Gasteiger partial charge is 0.242 e. The average molecular weight is 480 g/mol. The molecule has 1 saturated heterocycles. The van der Waals surface area contributed by atoms with E-state index >= 15 is 0 Å². The van der Waals surface area contributed by atoms with Crippen molar-refractivity contribution in [2.24, 2.45) is 0 Å². The minimum Gasteiger partial charge on any atom is -0.497 e. The maximum Gasteiger partial charge on any atom is 0.242 e. The Balaban J connectivity index is 1.68. The molecule has 10 heteroatoms. The first kappa shape index (κ1) is 24.4. The Hall–Kier alpha value is -2.27. The van der Waals surface area contributed by atoms with E-state index in [0.717, 1.165) is 18.8 Å². The third kappa shape index (κ3) is 6.61. The van der Waals surface area contributed by atoms with Crippen LogP contribution < -0.4 is 19.7 Å². The molecule has 174 valence electrons. The van der Waals surface area contributed by atoms with E-state index in [-0.39, 0.29) is 4.90 Å². The second kappa shape index (κ2) is 11.6. The molecule has 2 aromatic carbocycles. The van der Waals surface area contributed by atoms with Gasteiger partial charge in [-0.15, -0.1) is 0 Å². The highest BCUT2D eigenvalue weighted by atomic mass is 32.2. The van der Waals surface area contributed by atoms with E-state index in [9.17, 15) is 13.2 Å². The first-order chi connectivity index (χ1) is 15.4. The summed E-state index contributed by atoms with van der Waals surface area (Å²) in [7, 11) is -2.36. The quantitative estimate of drug-likeness (QED) is 0.541. The molecule has 8 nitrogen and oxygen atoms in total. The van der Waals surface area contributed by atoms with Gasteiger partial charge in [-0.05, 0) is 67.0 Å². The zero-order chi connectivity index (χ0) is 23.0. The molecule has 1 amide bonds. The van der Waals surface area contributed by atoms with E-state index in [0.29, 0.717) is 36.8 Å². The van der Waals surface area contributed by atoms with Gasteiger partial charge >= 0.3 is 0 Å². The molecule has 1 atom stereocenters. The van der Waals surface area contributed by atoms with Crippen LogP contribution in [0.2, 0.25) is 0 Å². The van der Waals surface area contributed by atoms with Crippen LogP contribution in [0.1, 0.15) is 6.42 Å². The molecule has 0 unspecified atom stereocenters. The lowest BCUT2D eigenvalue weighted by Crippen LogP contribution is -2.44. The van der Waals surface area contributed by atoms with Crippen LogP contribution >= 0.6 is 11.8 Å². The fraction of sp³-hybridized carbons (Fsp3) is 0.409. The van der Waals surface area contributed by atoms with Crippen molar-refractivity contribution in [3.63, 3.8) is 0 Å². The molecule has 3 rings (SSSR count). The summed E-state index contributed by atoms with van der Waals surface area (Å²) < 4.78 is 38.7. The molecule has 1 heterocycles. The molecule has 0 saturated carbocycles. The van der Waals surface area contributed by atoms with Gasteiger partial charge in [0.1, 0.15) is 11.8 Å². The molecule has 1 aliphatic heterocycles. The highest BCUT2D eigenvalue weighted by molar-refractivity contribution is 7.98. The average Bonchev–Trinajstić information content (AvgIpc) is 2.82. The predicted octanol–water partition coefficient (Wildman–Crippen LogP) is 2.57. The van der Waals surface area contributed by atoms with Crippen molar-refractivity contribution in [1.82, 2.24) is 4.72 Å². The van der Waals surface area contributed by atoms with Gasteiger partial charge in [-0.3, -0.25) is 4.79 Å². The Morgan fingerprint density at radius 3 is 2.38 bits per heavy atom. The van der Waals surface area contributed by atoms with E-state index in [1.807, 2.05) is 30.5 Å². The third-order valence-electron chi connectivity index (χ3n) is 5.11. The fourth-order valence-electron chi connectivity index (χ4n) is 3.30. The summed E-state index contributed by atoms with van der Waals surface area (Å²) in [5.74, 6) is 0.801. The standard InChI is InChI=1S/C22H29N3O5S2/c1-29-19-7-9-20(10-8-19)32(27,28)24-21(11-16-31-2)22(26)23-17-3-5-18(6-4-17)25-12-14-30-15-13-25/h3-10,21,24H,11-16H2,1-2H3,(H,23,26)/t21-/m0/s1. The van der Waals surface area contributed by atoms with Crippen LogP contribution in [-0.2, 0) is 19.6 Å². The first-order valence-corrected chi connectivity index (χ1v) is 13.2. The van der Waals surface area contributed by atoms with Crippen molar-refractivity contribution in [2.75, 3.05) is 55.6 Å². The van der Waals surface area contributed by atoms with Crippen molar-refractivity contribution in [1.29, 1.82) is 0 Å². The lowest BCUT2D eigenvalue weighted by Gasteiger charge is -2.29. The summed E-state index contributed by atoms with van der Waals surface area (Å²) in [6.07, 6.45) is 2.28. The number of carbonyl (C=O) groups is 1. The zero-order valence-corrected chi connectivity index (χ0v) is 19.9. The summed E-state index contributed by atoms with van der Waals surface area (Å²) >= 11 is 1.55. The van der Waals surface area contributed by atoms with E-state index in [4.69, 9.17) is 9.47 Å². The first-order valence-electron chi connectivity index (χ1n) is 10.3. The van der Waals surface area contributed by atoms with Crippen LogP contribution in [0.3, 0.4) is 0 Å². The maximum atomic E-state index is 12.9. The number of nitrogens with zero attached hydrogens (tertiary/aromatic N) is 1. The number of morpholine rings is 1. The van der Waals surface area contributed by atoms with Gasteiger partial charge in [0.15, 0.2) is 0 Å². The number of hydrogen-bond donors (Lipinski definition) is 2. The van der Waals surface area contributed by atoms with Gasteiger partial charge in [-0.25, -0.2) is 8.42 Å². The normalized spacial score (nSPS) is 15.2. The summed E-state index contributed by atoms with van der Waals surface area (Å²) in [5, 5.41) is 2.84.